The van der Waals surface area contributed by atoms with Gasteiger partial charge in [-0.25, -0.2) is 0 Å². The van der Waals surface area contributed by atoms with E-state index in [1.165, 1.54) is 38.5 Å². The highest BCUT2D eigenvalue weighted by atomic mass is 28.4. The maximum Gasteiger partial charge on any atom is 0.184 e. The third-order valence-electron chi connectivity index (χ3n) is 9.78. The lowest BCUT2D eigenvalue weighted by molar-refractivity contribution is -0.128. The van der Waals surface area contributed by atoms with Crippen LogP contribution in [0.5, 0.6) is 0 Å². The average Bonchev–Trinajstić information content (AvgIpc) is 3.02. The van der Waals surface area contributed by atoms with E-state index in [-0.39, 0.29) is 5.41 Å². The fourth-order valence-electron chi connectivity index (χ4n) is 8.87. The van der Waals surface area contributed by atoms with Gasteiger partial charge in [0.15, 0.2) is 16.6 Å². The second-order valence-corrected chi connectivity index (χ2v) is 23.2. The van der Waals surface area contributed by atoms with Gasteiger partial charge in [-0.05, 0) is 132 Å². The van der Waals surface area contributed by atoms with Crippen molar-refractivity contribution in [2.75, 3.05) is 7.11 Å². The molecule has 4 aliphatic rings. The summed E-state index contributed by atoms with van der Waals surface area (Å²) in [5, 5.41) is 4.32. The zero-order valence-electron chi connectivity index (χ0n) is 23.7. The van der Waals surface area contributed by atoms with Crippen molar-refractivity contribution in [2.24, 2.45) is 39.7 Å². The van der Waals surface area contributed by atoms with Gasteiger partial charge in [-0.2, -0.15) is 0 Å². The minimum absolute atomic E-state index is 0.222. The minimum Gasteiger partial charge on any atom is -0.415 e. The number of nitrogens with zero attached hydrogens (tertiary/aromatic N) is 1. The highest BCUT2D eigenvalue weighted by Gasteiger charge is 2.63. The SMILES string of the molecule is CON=C1C=C2CCC3C([C@@H](O[Si](C)(C)C)C[C@@]4(C)C3CC[C@@H]4[C@@H](C)O[Si](C)(C)C)[C@@]2(C)CC1. The van der Waals surface area contributed by atoms with Crippen LogP contribution >= 0.6 is 0 Å². The van der Waals surface area contributed by atoms with Gasteiger partial charge >= 0.3 is 0 Å². The third-order valence-corrected chi connectivity index (χ3v) is 11.9. The van der Waals surface area contributed by atoms with E-state index in [0.29, 0.717) is 29.5 Å². The van der Waals surface area contributed by atoms with E-state index in [2.05, 4.69) is 71.3 Å². The number of rotatable bonds is 6. The smallest absolute Gasteiger partial charge is 0.184 e. The first-order valence-corrected chi connectivity index (χ1v) is 20.7. The van der Waals surface area contributed by atoms with Crippen molar-refractivity contribution >= 4 is 22.3 Å². The van der Waals surface area contributed by atoms with Crippen LogP contribution in [0, 0.1) is 34.5 Å². The molecule has 34 heavy (non-hydrogen) atoms. The molecule has 0 bridgehead atoms. The van der Waals surface area contributed by atoms with Gasteiger partial charge < -0.3 is 13.7 Å². The number of fused-ring (bicyclic) bond motifs is 5. The quantitative estimate of drug-likeness (QED) is 0.275. The second-order valence-electron chi connectivity index (χ2n) is 14.3. The van der Waals surface area contributed by atoms with Gasteiger partial charge in [0.1, 0.15) is 7.11 Å². The van der Waals surface area contributed by atoms with Crippen molar-refractivity contribution in [1.82, 2.24) is 0 Å². The van der Waals surface area contributed by atoms with Gasteiger partial charge in [-0.3, -0.25) is 0 Å². The molecule has 3 saturated carbocycles. The molecule has 4 rings (SSSR count). The largest absolute Gasteiger partial charge is 0.415 e. The molecule has 0 N–H and O–H groups in total. The fraction of sp³-hybridized carbons (Fsp3) is 0.893. The molecule has 3 unspecified atom stereocenters. The molecule has 8 atom stereocenters. The molecule has 4 nitrogen and oxygen atoms in total. The molecule has 0 aromatic rings. The van der Waals surface area contributed by atoms with Gasteiger partial charge in [0.25, 0.3) is 0 Å². The lowest BCUT2D eigenvalue weighted by Crippen LogP contribution is -2.59. The van der Waals surface area contributed by atoms with E-state index in [0.717, 1.165) is 24.0 Å². The summed E-state index contributed by atoms with van der Waals surface area (Å²) < 4.78 is 13.9. The molecule has 0 amide bonds. The van der Waals surface area contributed by atoms with Crippen LogP contribution in [0.2, 0.25) is 39.3 Å². The van der Waals surface area contributed by atoms with Crippen LogP contribution in [0.1, 0.15) is 65.7 Å². The predicted molar refractivity (Wildman–Crippen MR) is 147 cm³/mol. The van der Waals surface area contributed by atoms with Crippen LogP contribution in [0.3, 0.4) is 0 Å². The molecule has 0 heterocycles. The van der Waals surface area contributed by atoms with Crippen molar-refractivity contribution in [3.05, 3.63) is 11.6 Å². The van der Waals surface area contributed by atoms with Crippen LogP contribution in [-0.2, 0) is 13.7 Å². The summed E-state index contributed by atoms with van der Waals surface area (Å²) in [5.41, 5.74) is 3.27. The molecule has 3 fully saturated rings. The standard InChI is InChI=1S/C28H51NO3Si2/c1-19(31-33(5,6)7)23-13-14-24-22-12-11-20-17-21(29-30-4)15-16-27(20,2)26(22)25(18-28(23,24)3)32-34(8,9)10/h17,19,22-26H,11-16,18H2,1-10H3/t19-,22?,23-,24?,25+,26?,27+,28-/m1/s1. The number of allylic oxidation sites excluding steroid dienone is 2. The molecule has 6 heteroatoms. The zero-order chi connectivity index (χ0) is 25.1. The summed E-state index contributed by atoms with van der Waals surface area (Å²) in [6.45, 7) is 21.7. The van der Waals surface area contributed by atoms with Crippen molar-refractivity contribution < 1.29 is 13.7 Å². The van der Waals surface area contributed by atoms with E-state index < -0.39 is 16.6 Å². The summed E-state index contributed by atoms with van der Waals surface area (Å²) in [7, 11) is -1.59. The Labute approximate surface area is 211 Å². The molecule has 0 aromatic heterocycles. The van der Waals surface area contributed by atoms with Crippen molar-refractivity contribution in [1.29, 1.82) is 0 Å². The lowest BCUT2D eigenvalue weighted by atomic mass is 9.46. The van der Waals surface area contributed by atoms with Gasteiger partial charge in [-0.1, -0.05) is 24.6 Å². The monoisotopic (exact) mass is 505 g/mol. The first-order valence-electron chi connectivity index (χ1n) is 13.8. The Bertz CT molecular complexity index is 828. The maximum atomic E-state index is 7.16. The summed E-state index contributed by atoms with van der Waals surface area (Å²) in [4.78, 5) is 5.14. The summed E-state index contributed by atoms with van der Waals surface area (Å²) >= 11 is 0. The molecule has 0 spiro atoms. The minimum atomic E-state index is -1.69. The van der Waals surface area contributed by atoms with E-state index in [1.54, 1.807) is 12.7 Å². The van der Waals surface area contributed by atoms with E-state index >= 15 is 0 Å². The van der Waals surface area contributed by atoms with Crippen LogP contribution in [0.25, 0.3) is 0 Å². The van der Waals surface area contributed by atoms with Gasteiger partial charge in [0.05, 0.1) is 5.71 Å². The summed E-state index contributed by atoms with van der Waals surface area (Å²) in [6.07, 6.45) is 11.7. The van der Waals surface area contributed by atoms with Crippen molar-refractivity contribution in [2.45, 2.75) is 117 Å². The number of hydrogen-bond acceptors (Lipinski definition) is 4. The lowest BCUT2D eigenvalue weighted by Gasteiger charge is -2.62. The summed E-state index contributed by atoms with van der Waals surface area (Å²) in [6, 6.07) is 0. The first-order chi connectivity index (χ1) is 15.7. The molecule has 194 valence electrons. The average molecular weight is 506 g/mol. The Hall–Kier alpha value is -0.436. The fourth-order valence-corrected chi connectivity index (χ4v) is 11.3. The Balaban J connectivity index is 1.71. The van der Waals surface area contributed by atoms with Gasteiger partial charge in [0.2, 0.25) is 0 Å². The molecule has 4 aliphatic carbocycles. The van der Waals surface area contributed by atoms with Crippen LogP contribution in [0.4, 0.5) is 0 Å². The van der Waals surface area contributed by atoms with Crippen molar-refractivity contribution in [3.8, 4) is 0 Å². The maximum absolute atomic E-state index is 7.16. The molecule has 0 aliphatic heterocycles. The second kappa shape index (κ2) is 9.14. The van der Waals surface area contributed by atoms with Crippen LogP contribution in [0.15, 0.2) is 16.8 Å². The number of oxime groups is 1. The zero-order valence-corrected chi connectivity index (χ0v) is 25.7. The highest BCUT2D eigenvalue weighted by molar-refractivity contribution is 6.70. The first kappa shape index (κ1) is 26.6. The molecule has 0 aromatic carbocycles. The Kier molecular flexibility index (Phi) is 7.16. The van der Waals surface area contributed by atoms with Crippen molar-refractivity contribution in [3.63, 3.8) is 0 Å². The molecular weight excluding hydrogens is 454 g/mol. The predicted octanol–water partition coefficient (Wildman–Crippen LogP) is 7.64. The molecular formula is C28H51NO3Si2. The van der Waals surface area contributed by atoms with Gasteiger partial charge in [0, 0.05) is 12.2 Å². The van der Waals surface area contributed by atoms with Crippen LogP contribution < -0.4 is 0 Å². The van der Waals surface area contributed by atoms with E-state index in [9.17, 15) is 0 Å². The Morgan fingerprint density at radius 3 is 2.32 bits per heavy atom. The van der Waals surface area contributed by atoms with E-state index in [1.807, 2.05) is 0 Å². The Morgan fingerprint density at radius 1 is 1.00 bits per heavy atom. The number of hydrogen-bond donors (Lipinski definition) is 0. The summed E-state index contributed by atoms with van der Waals surface area (Å²) in [5.74, 6) is 2.82. The highest BCUT2D eigenvalue weighted by Crippen LogP contribution is 2.67. The van der Waals surface area contributed by atoms with Crippen LogP contribution in [-0.4, -0.2) is 41.7 Å². The normalized spacial score (nSPS) is 42.5. The Morgan fingerprint density at radius 2 is 1.71 bits per heavy atom. The third kappa shape index (κ3) is 4.90. The topological polar surface area (TPSA) is 40.0 Å². The molecule has 0 saturated heterocycles. The molecule has 0 radical (unpaired) electrons. The van der Waals surface area contributed by atoms with E-state index in [4.69, 9.17) is 13.7 Å². The van der Waals surface area contributed by atoms with Gasteiger partial charge in [-0.15, -0.1) is 0 Å².